The third-order valence-electron chi connectivity index (χ3n) is 2.54. The van der Waals surface area contributed by atoms with Crippen LogP contribution in [0.2, 0.25) is 0 Å². The molecule has 0 aliphatic carbocycles. The number of nitrogens with one attached hydrogen (secondary N) is 1. The van der Waals surface area contributed by atoms with Gasteiger partial charge in [0.1, 0.15) is 11.3 Å². The molecule has 0 aromatic heterocycles. The van der Waals surface area contributed by atoms with Crippen LogP contribution in [0.5, 0.6) is 5.75 Å². The quantitative estimate of drug-likeness (QED) is 0.590. The van der Waals surface area contributed by atoms with Crippen LogP contribution in [0.15, 0.2) is 23.1 Å². The second kappa shape index (κ2) is 6.00. The van der Waals surface area contributed by atoms with Crippen molar-refractivity contribution in [2.75, 3.05) is 6.61 Å². The Labute approximate surface area is 110 Å². The van der Waals surface area contributed by atoms with Crippen molar-refractivity contribution in [2.45, 2.75) is 24.3 Å². The van der Waals surface area contributed by atoms with Crippen LogP contribution in [-0.2, 0) is 10.0 Å². The number of aliphatic hydroxyl groups is 1. The highest BCUT2D eigenvalue weighted by Gasteiger charge is 2.21. The zero-order valence-corrected chi connectivity index (χ0v) is 11.0. The highest BCUT2D eigenvalue weighted by atomic mass is 32.2. The number of carboxylic acids is 1. The summed E-state index contributed by atoms with van der Waals surface area (Å²) in [6.07, 6.45) is 0.388. The summed E-state index contributed by atoms with van der Waals surface area (Å²) in [5.41, 5.74) is -0.500. The number of carbonyl (C=O) groups is 1. The van der Waals surface area contributed by atoms with E-state index in [4.69, 9.17) is 10.2 Å². The van der Waals surface area contributed by atoms with E-state index < -0.39 is 33.3 Å². The summed E-state index contributed by atoms with van der Waals surface area (Å²) in [7, 11) is -3.94. The molecule has 0 heterocycles. The number of aromatic hydroxyl groups is 1. The average Bonchev–Trinajstić information content (AvgIpc) is 2.35. The van der Waals surface area contributed by atoms with E-state index in [2.05, 4.69) is 4.72 Å². The fourth-order valence-electron chi connectivity index (χ4n) is 1.39. The van der Waals surface area contributed by atoms with Crippen molar-refractivity contribution in [2.24, 2.45) is 0 Å². The summed E-state index contributed by atoms with van der Waals surface area (Å²) in [6.45, 7) is 1.34. The molecule has 0 amide bonds. The first-order chi connectivity index (χ1) is 8.81. The third kappa shape index (κ3) is 3.66. The zero-order valence-electron chi connectivity index (χ0n) is 10.2. The molecule has 0 aliphatic rings. The first-order valence-corrected chi connectivity index (χ1v) is 6.99. The van der Waals surface area contributed by atoms with Gasteiger partial charge in [-0.3, -0.25) is 0 Å². The van der Waals surface area contributed by atoms with Crippen molar-refractivity contribution in [3.05, 3.63) is 23.8 Å². The number of hydrogen-bond donors (Lipinski definition) is 4. The minimum absolute atomic E-state index is 0.283. The fourth-order valence-corrected chi connectivity index (χ4v) is 2.73. The number of carboxylic acid groups (broad SMARTS) is 1. The molecule has 0 saturated heterocycles. The molecule has 1 aromatic carbocycles. The lowest BCUT2D eigenvalue weighted by atomic mass is 10.2. The van der Waals surface area contributed by atoms with Crippen LogP contribution < -0.4 is 4.72 Å². The smallest absolute Gasteiger partial charge is 0.339 e. The van der Waals surface area contributed by atoms with Gasteiger partial charge in [-0.05, 0) is 24.6 Å². The van der Waals surface area contributed by atoms with Gasteiger partial charge in [0, 0.05) is 6.04 Å². The van der Waals surface area contributed by atoms with Gasteiger partial charge >= 0.3 is 5.97 Å². The van der Waals surface area contributed by atoms with E-state index in [0.717, 1.165) is 18.2 Å². The van der Waals surface area contributed by atoms with Gasteiger partial charge in [0.15, 0.2) is 0 Å². The molecule has 106 valence electrons. The Morgan fingerprint density at radius 2 is 2.05 bits per heavy atom. The number of benzene rings is 1. The first kappa shape index (κ1) is 15.4. The second-order valence-electron chi connectivity index (χ2n) is 3.89. The summed E-state index contributed by atoms with van der Waals surface area (Å²) in [5.74, 6) is -1.94. The van der Waals surface area contributed by atoms with Gasteiger partial charge in [-0.15, -0.1) is 0 Å². The highest BCUT2D eigenvalue weighted by Crippen LogP contribution is 2.21. The minimum atomic E-state index is -3.94. The lowest BCUT2D eigenvalue weighted by molar-refractivity contribution is 0.0693. The number of aliphatic hydroxyl groups excluding tert-OH is 1. The third-order valence-corrected chi connectivity index (χ3v) is 4.06. The van der Waals surface area contributed by atoms with E-state index in [-0.39, 0.29) is 11.5 Å². The largest absolute Gasteiger partial charge is 0.507 e. The zero-order chi connectivity index (χ0) is 14.6. The molecule has 0 fully saturated rings. The molecule has 0 bridgehead atoms. The number of rotatable bonds is 6. The maximum Gasteiger partial charge on any atom is 0.339 e. The Bertz CT molecular complexity index is 565. The van der Waals surface area contributed by atoms with Crippen molar-refractivity contribution in [1.82, 2.24) is 4.72 Å². The molecule has 4 N–H and O–H groups in total. The van der Waals surface area contributed by atoms with Gasteiger partial charge in [0.25, 0.3) is 0 Å². The number of aromatic carboxylic acids is 1. The molecular weight excluding hydrogens is 274 g/mol. The molecule has 0 spiro atoms. The highest BCUT2D eigenvalue weighted by molar-refractivity contribution is 7.89. The van der Waals surface area contributed by atoms with E-state index in [1.165, 1.54) is 0 Å². The summed E-state index contributed by atoms with van der Waals surface area (Å²) in [5, 5.41) is 27.1. The fraction of sp³-hybridized carbons (Fsp3) is 0.364. The van der Waals surface area contributed by atoms with Crippen LogP contribution in [0.3, 0.4) is 0 Å². The molecule has 0 saturated carbocycles. The van der Waals surface area contributed by atoms with Gasteiger partial charge in [0.2, 0.25) is 10.0 Å². The minimum Gasteiger partial charge on any atom is -0.507 e. The molecule has 0 radical (unpaired) electrons. The summed E-state index contributed by atoms with van der Waals surface area (Å²) >= 11 is 0. The number of hydrogen-bond acceptors (Lipinski definition) is 5. The van der Waals surface area contributed by atoms with Gasteiger partial charge in [0.05, 0.1) is 11.5 Å². The SMILES string of the molecule is CC[C@@H](CO)NS(=O)(=O)c1ccc(O)c(C(=O)O)c1. The molecule has 19 heavy (non-hydrogen) atoms. The van der Waals surface area contributed by atoms with E-state index in [0.29, 0.717) is 6.42 Å². The number of sulfonamides is 1. The van der Waals surface area contributed by atoms with E-state index in [1.807, 2.05) is 0 Å². The van der Waals surface area contributed by atoms with Gasteiger partial charge in [-0.2, -0.15) is 0 Å². The average molecular weight is 289 g/mol. The molecule has 1 rings (SSSR count). The van der Waals surface area contributed by atoms with Crippen LogP contribution in [-0.4, -0.2) is 42.4 Å². The van der Waals surface area contributed by atoms with E-state index >= 15 is 0 Å². The van der Waals surface area contributed by atoms with Crippen molar-refractivity contribution in [1.29, 1.82) is 0 Å². The predicted molar refractivity (Wildman–Crippen MR) is 66.6 cm³/mol. The van der Waals surface area contributed by atoms with Crippen LogP contribution >= 0.6 is 0 Å². The van der Waals surface area contributed by atoms with Crippen molar-refractivity contribution >= 4 is 16.0 Å². The summed E-state index contributed by atoms with van der Waals surface area (Å²) in [6, 6.07) is 2.31. The van der Waals surface area contributed by atoms with Crippen molar-refractivity contribution in [3.63, 3.8) is 0 Å². The normalized spacial score (nSPS) is 13.2. The molecule has 8 heteroatoms. The van der Waals surface area contributed by atoms with Crippen molar-refractivity contribution < 1.29 is 28.5 Å². The Balaban J connectivity index is 3.15. The first-order valence-electron chi connectivity index (χ1n) is 5.51. The Kier molecular flexibility index (Phi) is 4.87. The molecule has 0 aliphatic heterocycles. The summed E-state index contributed by atoms with van der Waals surface area (Å²) < 4.78 is 26.1. The van der Waals surface area contributed by atoms with Crippen molar-refractivity contribution in [3.8, 4) is 5.75 Å². The maximum atomic E-state index is 11.9. The lowest BCUT2D eigenvalue weighted by Gasteiger charge is -2.14. The lowest BCUT2D eigenvalue weighted by Crippen LogP contribution is -2.36. The molecular formula is C11H15NO6S. The maximum absolute atomic E-state index is 11.9. The Morgan fingerprint density at radius 1 is 1.42 bits per heavy atom. The topological polar surface area (TPSA) is 124 Å². The standard InChI is InChI=1S/C11H15NO6S/c1-2-7(6-13)12-19(17,18)8-3-4-10(14)9(5-8)11(15)16/h3-5,7,12-14H,2,6H2,1H3,(H,15,16)/t7-/m0/s1. The Hall–Kier alpha value is -1.64. The van der Waals surface area contributed by atoms with Crippen LogP contribution in [0.4, 0.5) is 0 Å². The summed E-state index contributed by atoms with van der Waals surface area (Å²) in [4.78, 5) is 10.5. The van der Waals surface area contributed by atoms with Crippen LogP contribution in [0.25, 0.3) is 0 Å². The Morgan fingerprint density at radius 3 is 2.53 bits per heavy atom. The molecule has 0 unspecified atom stereocenters. The molecule has 7 nitrogen and oxygen atoms in total. The molecule has 1 aromatic rings. The van der Waals surface area contributed by atoms with Gasteiger partial charge in [-0.1, -0.05) is 6.92 Å². The van der Waals surface area contributed by atoms with Crippen LogP contribution in [0.1, 0.15) is 23.7 Å². The van der Waals surface area contributed by atoms with Gasteiger partial charge < -0.3 is 15.3 Å². The van der Waals surface area contributed by atoms with Crippen LogP contribution in [0, 0.1) is 0 Å². The van der Waals surface area contributed by atoms with Gasteiger partial charge in [-0.25, -0.2) is 17.9 Å². The predicted octanol–water partition coefficient (Wildman–Crippen LogP) is 0.140. The van der Waals surface area contributed by atoms with E-state index in [1.54, 1.807) is 6.92 Å². The number of phenols is 1. The second-order valence-corrected chi connectivity index (χ2v) is 5.61. The van der Waals surface area contributed by atoms with E-state index in [9.17, 15) is 18.3 Å². The molecule has 1 atom stereocenters. The monoisotopic (exact) mass is 289 g/mol.